The number of carbonyl (C=O) groups is 1. The molecule has 7 nitrogen and oxygen atoms in total. The number of hydrogen-bond acceptors (Lipinski definition) is 5. The maximum absolute atomic E-state index is 13.6. The summed E-state index contributed by atoms with van der Waals surface area (Å²) >= 11 is 0. The molecule has 1 saturated carbocycles. The van der Waals surface area contributed by atoms with Crippen LogP contribution in [0.15, 0.2) is 47.0 Å². The van der Waals surface area contributed by atoms with E-state index in [1.807, 2.05) is 13.8 Å². The number of methoxy groups -OCH3 is 1. The third-order valence-electron chi connectivity index (χ3n) is 8.53. The van der Waals surface area contributed by atoms with Crippen LogP contribution < -0.4 is 4.90 Å². The number of halogens is 2. The molecule has 1 aliphatic heterocycles. The molecule has 6 rings (SSSR count). The van der Waals surface area contributed by atoms with Crippen LogP contribution in [0.3, 0.4) is 0 Å². The molecule has 0 unspecified atom stereocenters. The highest BCUT2D eigenvalue weighted by Gasteiger charge is 2.36. The van der Waals surface area contributed by atoms with Crippen LogP contribution in [-0.4, -0.2) is 33.8 Å². The fourth-order valence-electron chi connectivity index (χ4n) is 6.57. The number of anilines is 1. The Morgan fingerprint density at radius 2 is 1.85 bits per heavy atom. The molecule has 1 atom stereocenters. The molecule has 1 amide bonds. The molecule has 4 aromatic rings. The van der Waals surface area contributed by atoms with E-state index in [0.29, 0.717) is 18.5 Å². The molecule has 0 bridgehead atoms. The summed E-state index contributed by atoms with van der Waals surface area (Å²) in [6.45, 7) is 3.82. The van der Waals surface area contributed by atoms with Crippen LogP contribution in [0.5, 0.6) is 0 Å². The molecule has 2 aromatic heterocycles. The molecule has 0 N–H and O–H groups in total. The van der Waals surface area contributed by atoms with E-state index in [9.17, 15) is 13.6 Å². The van der Waals surface area contributed by atoms with Crippen LogP contribution in [-0.2, 0) is 9.53 Å². The number of rotatable bonds is 6. The van der Waals surface area contributed by atoms with Crippen molar-refractivity contribution in [3.05, 3.63) is 65.3 Å². The fourth-order valence-corrected chi connectivity index (χ4v) is 6.57. The Balaban J connectivity index is 1.49. The number of aromatic nitrogens is 3. The predicted octanol–water partition coefficient (Wildman–Crippen LogP) is 7.63. The van der Waals surface area contributed by atoms with E-state index in [1.54, 1.807) is 24.1 Å². The molecule has 1 aliphatic carbocycles. The van der Waals surface area contributed by atoms with Gasteiger partial charge in [-0.2, -0.15) is 0 Å². The largest absolute Gasteiger partial charge is 0.381 e. The Hall–Kier alpha value is -3.59. The van der Waals surface area contributed by atoms with Gasteiger partial charge in [0.25, 0.3) is 6.43 Å². The normalized spacial score (nSPS) is 22.0. The second-order valence-electron chi connectivity index (χ2n) is 11.0. The first kappa shape index (κ1) is 26.6. The minimum Gasteiger partial charge on any atom is -0.381 e. The van der Waals surface area contributed by atoms with Gasteiger partial charge in [0.2, 0.25) is 5.91 Å². The average Bonchev–Trinajstić information content (AvgIpc) is 3.51. The third kappa shape index (κ3) is 4.70. The first-order valence-corrected chi connectivity index (χ1v) is 14.0. The highest BCUT2D eigenvalue weighted by molar-refractivity contribution is 5.95. The van der Waals surface area contributed by atoms with Gasteiger partial charge in [-0.3, -0.25) is 4.79 Å². The molecular formula is C31H34F2N4O3. The fraction of sp³-hybridized carbons (Fsp3) is 0.452. The monoisotopic (exact) mass is 548 g/mol. The lowest BCUT2D eigenvalue weighted by molar-refractivity contribution is -0.120. The molecule has 2 fully saturated rings. The van der Waals surface area contributed by atoms with E-state index < -0.39 is 6.43 Å². The number of benzene rings is 2. The smallest absolute Gasteiger partial charge is 0.263 e. The lowest BCUT2D eigenvalue weighted by Gasteiger charge is -2.37. The van der Waals surface area contributed by atoms with Gasteiger partial charge >= 0.3 is 0 Å². The second kappa shape index (κ2) is 10.8. The van der Waals surface area contributed by atoms with E-state index in [4.69, 9.17) is 14.2 Å². The number of hydrogen-bond donors (Lipinski definition) is 0. The Morgan fingerprint density at radius 3 is 2.55 bits per heavy atom. The first-order chi connectivity index (χ1) is 19.4. The lowest BCUT2D eigenvalue weighted by atomic mass is 9.91. The summed E-state index contributed by atoms with van der Waals surface area (Å²) in [5.41, 5.74) is 4.99. The third-order valence-corrected chi connectivity index (χ3v) is 8.53. The number of imidazole rings is 1. The van der Waals surface area contributed by atoms with Crippen molar-refractivity contribution in [2.75, 3.05) is 12.0 Å². The number of amides is 1. The minimum atomic E-state index is -2.61. The predicted molar refractivity (Wildman–Crippen MR) is 148 cm³/mol. The quantitative estimate of drug-likeness (QED) is 0.248. The van der Waals surface area contributed by atoms with Crippen molar-refractivity contribution < 1.29 is 22.8 Å². The van der Waals surface area contributed by atoms with Gasteiger partial charge in [-0.15, -0.1) is 0 Å². The molecule has 2 aliphatic rings. The van der Waals surface area contributed by atoms with Crippen molar-refractivity contribution in [3.8, 4) is 11.1 Å². The van der Waals surface area contributed by atoms with Crippen LogP contribution in [0.1, 0.15) is 86.3 Å². The number of ether oxygens (including phenoxy) is 1. The van der Waals surface area contributed by atoms with Gasteiger partial charge in [-0.25, -0.2) is 13.8 Å². The van der Waals surface area contributed by atoms with E-state index >= 15 is 0 Å². The Labute approximate surface area is 232 Å². The Kier molecular flexibility index (Phi) is 7.16. The summed E-state index contributed by atoms with van der Waals surface area (Å²) in [6.07, 6.45) is 3.20. The van der Waals surface area contributed by atoms with Crippen molar-refractivity contribution in [2.45, 2.75) is 83.4 Å². The number of piperidine rings is 1. The number of aryl methyl sites for hydroxylation is 2. The minimum absolute atomic E-state index is 0.0687. The highest BCUT2D eigenvalue weighted by atomic mass is 19.3. The maximum atomic E-state index is 13.6. The standard InChI is InChI=1S/C31H34F2N4O3/c1-18-29(19(2)40-35-18)20-10-15-26-25(17-20)34-31(37(26)22-11-13-24(39-3)14-12-22)27-8-5-9-28(38)36(27)23-7-4-6-21(16-23)30(32)33/h4,6-7,10,15-17,22,24,27,30H,5,8-9,11-14H2,1-3H3/t22?,24?,27-/m0/s1. The summed E-state index contributed by atoms with van der Waals surface area (Å²) in [5.74, 6) is 1.49. The molecule has 2 aromatic carbocycles. The van der Waals surface area contributed by atoms with Gasteiger partial charge in [0, 0.05) is 36.4 Å². The van der Waals surface area contributed by atoms with Crippen LogP contribution >= 0.6 is 0 Å². The van der Waals surface area contributed by atoms with Gasteiger partial charge in [0.15, 0.2) is 0 Å². The topological polar surface area (TPSA) is 73.4 Å². The highest BCUT2D eigenvalue weighted by Crippen LogP contribution is 2.42. The van der Waals surface area contributed by atoms with Crippen molar-refractivity contribution in [3.63, 3.8) is 0 Å². The number of carbonyl (C=O) groups excluding carboxylic acids is 1. The van der Waals surface area contributed by atoms with Gasteiger partial charge in [-0.1, -0.05) is 23.4 Å². The van der Waals surface area contributed by atoms with Gasteiger partial charge in [0.1, 0.15) is 11.6 Å². The SMILES string of the molecule is COC1CCC(n2c([C@@H]3CCCC(=O)N3c3cccc(C(F)F)c3)nc3cc(-c4c(C)noc4C)ccc32)CC1. The molecular weight excluding hydrogens is 514 g/mol. The van der Waals surface area contributed by atoms with Crippen LogP contribution in [0.2, 0.25) is 0 Å². The number of nitrogens with zero attached hydrogens (tertiary/aromatic N) is 4. The van der Waals surface area contributed by atoms with Crippen molar-refractivity contribution in [1.29, 1.82) is 0 Å². The summed E-state index contributed by atoms with van der Waals surface area (Å²) in [7, 11) is 1.76. The van der Waals surface area contributed by atoms with Crippen molar-refractivity contribution in [1.82, 2.24) is 14.7 Å². The van der Waals surface area contributed by atoms with Crippen LogP contribution in [0.4, 0.5) is 14.5 Å². The van der Waals surface area contributed by atoms with Gasteiger partial charge in [0.05, 0.1) is 28.9 Å². The lowest BCUT2D eigenvalue weighted by Crippen LogP contribution is -2.40. The van der Waals surface area contributed by atoms with Crippen molar-refractivity contribution >= 4 is 22.6 Å². The van der Waals surface area contributed by atoms with Gasteiger partial charge in [-0.05, 0) is 82.2 Å². The molecule has 0 spiro atoms. The number of fused-ring (bicyclic) bond motifs is 1. The summed E-state index contributed by atoms with van der Waals surface area (Å²) in [4.78, 5) is 20.3. The number of alkyl halides is 2. The summed E-state index contributed by atoms with van der Waals surface area (Å²) < 4.78 is 40.6. The van der Waals surface area contributed by atoms with E-state index in [2.05, 4.69) is 27.9 Å². The molecule has 9 heteroatoms. The van der Waals surface area contributed by atoms with E-state index in [0.717, 1.165) is 71.5 Å². The van der Waals surface area contributed by atoms with Gasteiger partial charge < -0.3 is 18.7 Å². The zero-order valence-electron chi connectivity index (χ0n) is 23.1. The Bertz CT molecular complexity index is 1520. The first-order valence-electron chi connectivity index (χ1n) is 14.0. The van der Waals surface area contributed by atoms with Crippen LogP contribution in [0.25, 0.3) is 22.2 Å². The second-order valence-corrected chi connectivity index (χ2v) is 11.0. The zero-order valence-corrected chi connectivity index (χ0v) is 23.1. The zero-order chi connectivity index (χ0) is 28.0. The Morgan fingerprint density at radius 1 is 1.05 bits per heavy atom. The molecule has 0 radical (unpaired) electrons. The van der Waals surface area contributed by atoms with E-state index in [-0.39, 0.29) is 29.7 Å². The van der Waals surface area contributed by atoms with E-state index in [1.165, 1.54) is 12.1 Å². The molecule has 1 saturated heterocycles. The molecule has 40 heavy (non-hydrogen) atoms. The van der Waals surface area contributed by atoms with Crippen molar-refractivity contribution in [2.24, 2.45) is 0 Å². The molecule has 3 heterocycles. The average molecular weight is 549 g/mol. The summed E-state index contributed by atoms with van der Waals surface area (Å²) in [6, 6.07) is 12.3. The van der Waals surface area contributed by atoms with Crippen LogP contribution in [0, 0.1) is 13.8 Å². The maximum Gasteiger partial charge on any atom is 0.263 e. The summed E-state index contributed by atoms with van der Waals surface area (Å²) in [5, 5.41) is 4.12. The molecule has 210 valence electrons.